The number of hydrogen-bond acceptors (Lipinski definition) is 2. The molecule has 6 aromatic carbocycles. The molecule has 7 rings (SSSR count). The van der Waals surface area contributed by atoms with E-state index in [1.807, 2.05) is 65.4 Å². The highest BCUT2D eigenvalue weighted by atomic mass is 19.2. The molecule has 0 saturated carbocycles. The number of hydrogen-bond donors (Lipinski definition) is 0. The Hall–Kier alpha value is -7.45. The molecule has 0 aliphatic heterocycles. The summed E-state index contributed by atoms with van der Waals surface area (Å²) in [4.78, 5) is 12.3. The number of Topliss-reactive ketones (excluding diaryl/α,β-unsaturated/α-hetero) is 1. The zero-order valence-corrected chi connectivity index (χ0v) is 31.5. The van der Waals surface area contributed by atoms with Crippen LogP contribution in [-0.2, 0) is 6.54 Å². The highest BCUT2D eigenvalue weighted by Gasteiger charge is 2.52. The van der Waals surface area contributed by atoms with Crippen LogP contribution in [0.3, 0.4) is 0 Å². The van der Waals surface area contributed by atoms with Crippen molar-refractivity contribution in [3.8, 4) is 6.07 Å². The maximum atomic E-state index is 15.4. The fraction of sp³-hybridized carbons (Fsp3) is 0.0238. The normalized spacial score (nSPS) is 11.4. The maximum absolute atomic E-state index is 15.4. The van der Waals surface area contributed by atoms with E-state index in [0.717, 1.165) is 10.9 Å². The minimum Gasteiger partial charge on any atom is -0.287 e. The lowest BCUT2D eigenvalue weighted by Gasteiger charge is -2.44. The lowest BCUT2D eigenvalue weighted by atomic mass is 9.12. The first-order valence-electron chi connectivity index (χ1n) is 17.6. The van der Waals surface area contributed by atoms with Crippen molar-refractivity contribution >= 4 is 44.7 Å². The number of fused-ring (bicyclic) bond motifs is 1. The lowest BCUT2D eigenvalue weighted by molar-refractivity contribution is -0.657. The van der Waals surface area contributed by atoms with Crippen molar-refractivity contribution < 1.29 is 97.2 Å². The number of benzene rings is 6. The van der Waals surface area contributed by atoms with Crippen LogP contribution in [0.15, 0.2) is 66.9 Å². The minimum atomic E-state index is -7.22. The van der Waals surface area contributed by atoms with Gasteiger partial charge in [-0.2, -0.15) is 9.83 Å². The van der Waals surface area contributed by atoms with Crippen molar-refractivity contribution in [2.75, 3.05) is 0 Å². The van der Waals surface area contributed by atoms with Crippen LogP contribution >= 0.6 is 0 Å². The van der Waals surface area contributed by atoms with Gasteiger partial charge in [0, 0.05) is 23.1 Å². The number of nitriles is 1. The monoisotopic (exact) mass is 952 g/mol. The average molecular weight is 952 g/mol. The number of ketones is 1. The molecule has 0 aliphatic carbocycles. The Morgan fingerprint density at radius 2 is 0.742 bits per heavy atom. The van der Waals surface area contributed by atoms with Gasteiger partial charge in [0.25, 0.3) is 0 Å². The highest BCUT2D eigenvalue weighted by molar-refractivity contribution is 7.20. The molecule has 0 atom stereocenters. The van der Waals surface area contributed by atoms with Crippen molar-refractivity contribution in [1.82, 2.24) is 0 Å². The van der Waals surface area contributed by atoms with Crippen LogP contribution < -0.4 is 26.4 Å². The molecule has 66 heavy (non-hydrogen) atoms. The number of nitrogens with zero attached hydrogens (tertiary/aromatic N) is 2. The van der Waals surface area contributed by atoms with E-state index in [1.54, 1.807) is 6.07 Å². The zero-order chi connectivity index (χ0) is 49.0. The van der Waals surface area contributed by atoms with E-state index in [4.69, 9.17) is 5.26 Å². The highest BCUT2D eigenvalue weighted by Crippen LogP contribution is 2.31. The number of halogens is 20. The third kappa shape index (κ3) is 7.40. The number of carbonyl (C=O) groups excluding carboxylic acids is 1. The first-order valence-corrected chi connectivity index (χ1v) is 17.6. The van der Waals surface area contributed by atoms with Gasteiger partial charge in [0.1, 0.15) is 52.7 Å². The Bertz CT molecular complexity index is 2830. The predicted molar refractivity (Wildman–Crippen MR) is 189 cm³/mol. The molecule has 3 nitrogen and oxygen atoms in total. The molecule has 1 aromatic heterocycles. The molecule has 24 heteroatoms. The fourth-order valence-corrected chi connectivity index (χ4v) is 7.23. The van der Waals surface area contributed by atoms with Crippen molar-refractivity contribution in [1.29, 1.82) is 5.26 Å². The van der Waals surface area contributed by atoms with Gasteiger partial charge in [0.2, 0.25) is 17.8 Å². The molecule has 0 spiro atoms. The Labute approximate surface area is 353 Å². The standard InChI is InChI=1S/C24BF20.C18H13N2O/c26-5-1(6(27)14(35)21(42)13(5)34)25(2-7(28)15(36)22(43)16(37)8(2)29,3-9(30)17(38)23(44)18(39)10(3)31)4-11(32)19(40)24(45)20(41)12(4)33;19-12-14-8-9-17-16(11-14)7-4-10-20(17)13-18(21)15-5-2-1-3-6-15/h;1-11H,13H2/q-1;+1. The summed E-state index contributed by atoms with van der Waals surface area (Å²) in [5.41, 5.74) is -12.1. The Balaban J connectivity index is 0.000000284. The van der Waals surface area contributed by atoms with Gasteiger partial charge in [0.05, 0.1) is 11.6 Å². The van der Waals surface area contributed by atoms with Gasteiger partial charge < -0.3 is 0 Å². The summed E-state index contributed by atoms with van der Waals surface area (Å²) in [5.74, 6) is -71.3. The molecule has 340 valence electrons. The van der Waals surface area contributed by atoms with E-state index in [0.29, 0.717) is 11.1 Å². The summed E-state index contributed by atoms with van der Waals surface area (Å²) < 4.78 is 296. The average Bonchev–Trinajstić information content (AvgIpc) is 3.31. The van der Waals surface area contributed by atoms with Crippen LogP contribution in [0.1, 0.15) is 15.9 Å². The fourth-order valence-electron chi connectivity index (χ4n) is 7.23. The molecule has 0 fully saturated rings. The van der Waals surface area contributed by atoms with Gasteiger partial charge in [-0.25, -0.2) is 87.8 Å². The van der Waals surface area contributed by atoms with Crippen molar-refractivity contribution in [3.63, 3.8) is 0 Å². The lowest BCUT2D eigenvalue weighted by Crippen LogP contribution is -2.81. The second kappa shape index (κ2) is 17.8. The summed E-state index contributed by atoms with van der Waals surface area (Å²) in [6.07, 6.45) is -5.33. The van der Waals surface area contributed by atoms with Crippen LogP contribution in [-0.4, -0.2) is 11.9 Å². The van der Waals surface area contributed by atoms with Crippen molar-refractivity contribution in [2.24, 2.45) is 0 Å². The van der Waals surface area contributed by atoms with Gasteiger partial charge in [-0.3, -0.25) is 4.79 Å². The summed E-state index contributed by atoms with van der Waals surface area (Å²) >= 11 is 0. The van der Waals surface area contributed by atoms with Gasteiger partial charge in [-0.15, -0.1) is 21.9 Å². The molecule has 0 N–H and O–H groups in total. The number of rotatable bonds is 7. The van der Waals surface area contributed by atoms with Crippen LogP contribution in [0.25, 0.3) is 10.9 Å². The van der Waals surface area contributed by atoms with Crippen molar-refractivity contribution in [3.05, 3.63) is 194 Å². The SMILES string of the molecule is Fc1c(F)c(F)c([B-](c2c(F)c(F)c(F)c(F)c2F)(c2c(F)c(F)c(F)c(F)c2F)c2c(F)c(F)c(F)c(F)c2F)c(F)c1F.N#Cc1ccc2c(ccc[n+]2CC(=O)c2ccccc2)c1. The van der Waals surface area contributed by atoms with E-state index < -0.39 is 144 Å². The van der Waals surface area contributed by atoms with E-state index in [2.05, 4.69) is 6.07 Å². The Morgan fingerprint density at radius 3 is 1.06 bits per heavy atom. The first-order chi connectivity index (χ1) is 31.0. The summed E-state index contributed by atoms with van der Waals surface area (Å²) in [5, 5.41) is 9.91. The number of carbonyl (C=O) groups is 1. The molecule has 7 aromatic rings. The van der Waals surface area contributed by atoms with Gasteiger partial charge in [-0.1, -0.05) is 30.3 Å². The molecule has 0 unspecified atom stereocenters. The summed E-state index contributed by atoms with van der Waals surface area (Å²) in [6.45, 7) is 0.285. The third-order valence-electron chi connectivity index (χ3n) is 10.1. The zero-order valence-electron chi connectivity index (χ0n) is 31.5. The quantitative estimate of drug-likeness (QED) is 0.0401. The molecular formula is C42H13BF20N2O. The molecule has 0 radical (unpaired) electrons. The smallest absolute Gasteiger partial charge is 0.227 e. The molecule has 0 saturated heterocycles. The molecule has 0 bridgehead atoms. The van der Waals surface area contributed by atoms with E-state index in [-0.39, 0.29) is 12.3 Å². The van der Waals surface area contributed by atoms with Crippen LogP contribution in [0.2, 0.25) is 0 Å². The van der Waals surface area contributed by atoms with E-state index in [1.165, 1.54) is 0 Å². The molecular weight excluding hydrogens is 939 g/mol. The minimum absolute atomic E-state index is 0.0671. The molecule has 0 amide bonds. The van der Waals surface area contributed by atoms with E-state index in [9.17, 15) is 57.5 Å². The van der Waals surface area contributed by atoms with Crippen LogP contribution in [0.4, 0.5) is 87.8 Å². The number of aromatic nitrogens is 1. The third-order valence-corrected chi connectivity index (χ3v) is 10.1. The van der Waals surface area contributed by atoms with Gasteiger partial charge >= 0.3 is 0 Å². The Morgan fingerprint density at radius 1 is 0.424 bits per heavy atom. The van der Waals surface area contributed by atoms with Gasteiger partial charge in [-0.05, 0) is 18.2 Å². The number of pyridine rings is 1. The predicted octanol–water partition coefficient (Wildman–Crippen LogP) is 8.73. The second-order valence-electron chi connectivity index (χ2n) is 13.6. The maximum Gasteiger partial charge on any atom is 0.227 e. The first kappa shape index (κ1) is 48.0. The molecule has 0 aliphatic rings. The summed E-state index contributed by atoms with van der Waals surface area (Å²) in [6, 6.07) is 20.7. The van der Waals surface area contributed by atoms with E-state index >= 15 is 35.1 Å². The second-order valence-corrected chi connectivity index (χ2v) is 13.6. The van der Waals surface area contributed by atoms with Gasteiger partial charge in [0.15, 0.2) is 76.0 Å². The largest absolute Gasteiger partial charge is 0.287 e. The topological polar surface area (TPSA) is 44.7 Å². The van der Waals surface area contributed by atoms with Crippen molar-refractivity contribution in [2.45, 2.75) is 6.54 Å². The summed E-state index contributed by atoms with van der Waals surface area (Å²) in [7, 11) is 0. The Kier molecular flexibility index (Phi) is 13.0. The van der Waals surface area contributed by atoms with Crippen LogP contribution in [0.5, 0.6) is 0 Å². The van der Waals surface area contributed by atoms with Crippen LogP contribution in [0, 0.1) is 128 Å². The molecule has 1 heterocycles.